The fourth-order valence-corrected chi connectivity index (χ4v) is 2.55. The average Bonchev–Trinajstić information content (AvgIpc) is 3.04. The number of esters is 1. The molecule has 2 rings (SSSR count). The maximum atomic E-state index is 12.3. The largest absolute Gasteiger partial charge is 0.467 e. The van der Waals surface area contributed by atoms with Crippen LogP contribution in [-0.4, -0.2) is 62.1 Å². The fraction of sp³-hybridized carbons (Fsp3) is 0.438. The van der Waals surface area contributed by atoms with Crippen LogP contribution >= 0.6 is 0 Å². The number of likely N-dealkylation sites (tertiary alicyclic amines) is 1. The van der Waals surface area contributed by atoms with Crippen molar-refractivity contribution < 1.29 is 23.9 Å². The van der Waals surface area contributed by atoms with E-state index in [4.69, 9.17) is 9.47 Å². The lowest BCUT2D eigenvalue weighted by molar-refractivity contribution is -0.150. The Morgan fingerprint density at radius 1 is 1.22 bits per heavy atom. The Kier molecular flexibility index (Phi) is 5.70. The zero-order valence-corrected chi connectivity index (χ0v) is 13.2. The standard InChI is InChI=1S/C16H20N2O5/c1-22-12-8-13(16(21)23-2)18(10-12)14(19)9-17-15(20)11-6-4-3-5-7-11/h3-7,12-13H,8-10H2,1-2H3,(H,17,20)/t12-,13+/m1/s1. The third kappa shape index (κ3) is 4.07. The van der Waals surface area contributed by atoms with Crippen LogP contribution in [0, 0.1) is 0 Å². The number of amides is 2. The van der Waals surface area contributed by atoms with Crippen molar-refractivity contribution >= 4 is 17.8 Å². The van der Waals surface area contributed by atoms with E-state index in [-0.39, 0.29) is 24.5 Å². The van der Waals surface area contributed by atoms with Crippen molar-refractivity contribution in [1.29, 1.82) is 0 Å². The van der Waals surface area contributed by atoms with Crippen molar-refractivity contribution in [3.63, 3.8) is 0 Å². The van der Waals surface area contributed by atoms with Crippen molar-refractivity contribution in [2.24, 2.45) is 0 Å². The molecule has 2 atom stereocenters. The zero-order valence-electron chi connectivity index (χ0n) is 13.2. The van der Waals surface area contributed by atoms with Crippen molar-refractivity contribution in [2.75, 3.05) is 27.3 Å². The van der Waals surface area contributed by atoms with E-state index in [2.05, 4.69) is 5.32 Å². The van der Waals surface area contributed by atoms with E-state index in [0.717, 1.165) is 0 Å². The van der Waals surface area contributed by atoms with E-state index in [0.29, 0.717) is 18.5 Å². The van der Waals surface area contributed by atoms with Crippen LogP contribution in [0.15, 0.2) is 30.3 Å². The van der Waals surface area contributed by atoms with Gasteiger partial charge in [0.25, 0.3) is 5.91 Å². The summed E-state index contributed by atoms with van der Waals surface area (Å²) in [7, 11) is 2.81. The van der Waals surface area contributed by atoms with Crippen molar-refractivity contribution in [1.82, 2.24) is 10.2 Å². The van der Waals surface area contributed by atoms with Crippen LogP contribution in [0.5, 0.6) is 0 Å². The van der Waals surface area contributed by atoms with Gasteiger partial charge in [-0.05, 0) is 12.1 Å². The Bertz CT molecular complexity index is 575. The van der Waals surface area contributed by atoms with Gasteiger partial charge in [0.1, 0.15) is 6.04 Å². The lowest BCUT2D eigenvalue weighted by atomic mass is 10.2. The van der Waals surface area contributed by atoms with Gasteiger partial charge in [-0.25, -0.2) is 4.79 Å². The topological polar surface area (TPSA) is 84.9 Å². The van der Waals surface area contributed by atoms with Gasteiger partial charge in [-0.2, -0.15) is 0 Å². The Morgan fingerprint density at radius 3 is 2.52 bits per heavy atom. The molecule has 1 fully saturated rings. The molecule has 1 aromatic carbocycles. The molecule has 2 amide bonds. The van der Waals surface area contributed by atoms with Crippen LogP contribution in [0.3, 0.4) is 0 Å². The predicted molar refractivity (Wildman–Crippen MR) is 81.7 cm³/mol. The molecule has 0 aromatic heterocycles. The summed E-state index contributed by atoms with van der Waals surface area (Å²) < 4.78 is 9.95. The predicted octanol–water partition coefficient (Wildman–Crippen LogP) is 0.205. The van der Waals surface area contributed by atoms with E-state index in [1.165, 1.54) is 19.1 Å². The zero-order chi connectivity index (χ0) is 16.8. The quantitative estimate of drug-likeness (QED) is 0.784. The number of ether oxygens (including phenoxy) is 2. The first-order valence-corrected chi connectivity index (χ1v) is 7.30. The smallest absolute Gasteiger partial charge is 0.328 e. The molecule has 1 aromatic rings. The fourth-order valence-electron chi connectivity index (χ4n) is 2.55. The molecule has 23 heavy (non-hydrogen) atoms. The number of methoxy groups -OCH3 is 2. The summed E-state index contributed by atoms with van der Waals surface area (Å²) in [6, 6.07) is 7.94. The molecular formula is C16H20N2O5. The first-order valence-electron chi connectivity index (χ1n) is 7.30. The number of hydrogen-bond acceptors (Lipinski definition) is 5. The van der Waals surface area contributed by atoms with E-state index in [1.54, 1.807) is 30.3 Å². The van der Waals surface area contributed by atoms with Crippen molar-refractivity contribution in [3.8, 4) is 0 Å². The van der Waals surface area contributed by atoms with Crippen LogP contribution in [0.1, 0.15) is 16.8 Å². The SMILES string of the molecule is COC(=O)[C@@H]1C[C@@H](OC)CN1C(=O)CNC(=O)c1ccccc1. The van der Waals surface area contributed by atoms with Crippen molar-refractivity contribution in [2.45, 2.75) is 18.6 Å². The number of benzene rings is 1. The highest BCUT2D eigenvalue weighted by molar-refractivity contribution is 5.97. The maximum Gasteiger partial charge on any atom is 0.328 e. The molecule has 1 N–H and O–H groups in total. The highest BCUT2D eigenvalue weighted by Gasteiger charge is 2.40. The minimum absolute atomic E-state index is 0.183. The summed E-state index contributed by atoms with van der Waals surface area (Å²) in [5.74, 6) is -1.16. The minimum Gasteiger partial charge on any atom is -0.467 e. The summed E-state index contributed by atoms with van der Waals surface area (Å²) in [6.07, 6.45) is 0.175. The Morgan fingerprint density at radius 2 is 1.91 bits per heavy atom. The van der Waals surface area contributed by atoms with Gasteiger partial charge in [0, 0.05) is 25.6 Å². The third-order valence-electron chi connectivity index (χ3n) is 3.83. The van der Waals surface area contributed by atoms with Crippen molar-refractivity contribution in [3.05, 3.63) is 35.9 Å². The van der Waals surface area contributed by atoms with Crippen LogP contribution in [0.2, 0.25) is 0 Å². The van der Waals surface area contributed by atoms with E-state index in [1.807, 2.05) is 0 Å². The monoisotopic (exact) mass is 320 g/mol. The second-order valence-electron chi connectivity index (χ2n) is 5.23. The van der Waals surface area contributed by atoms with Crippen LogP contribution in [0.25, 0.3) is 0 Å². The van der Waals surface area contributed by atoms with Gasteiger partial charge in [-0.15, -0.1) is 0 Å². The van der Waals surface area contributed by atoms with Gasteiger partial charge in [0.05, 0.1) is 19.8 Å². The van der Waals surface area contributed by atoms with Crippen LogP contribution < -0.4 is 5.32 Å². The normalized spacial score (nSPS) is 20.2. The summed E-state index contributed by atoms with van der Waals surface area (Å²) in [4.78, 5) is 37.5. The molecule has 7 nitrogen and oxygen atoms in total. The molecule has 0 bridgehead atoms. The Balaban J connectivity index is 1.96. The molecule has 0 radical (unpaired) electrons. The highest BCUT2D eigenvalue weighted by atomic mass is 16.5. The molecule has 0 spiro atoms. The molecule has 7 heteroatoms. The lowest BCUT2D eigenvalue weighted by Crippen LogP contribution is -2.46. The molecule has 1 saturated heterocycles. The maximum absolute atomic E-state index is 12.3. The van der Waals surface area contributed by atoms with Gasteiger partial charge in [-0.1, -0.05) is 18.2 Å². The van der Waals surface area contributed by atoms with Gasteiger partial charge in [0.15, 0.2) is 0 Å². The number of nitrogens with one attached hydrogen (secondary N) is 1. The second kappa shape index (κ2) is 7.73. The Labute approximate surface area is 134 Å². The molecule has 1 aliphatic rings. The number of carbonyl (C=O) groups excluding carboxylic acids is 3. The summed E-state index contributed by atoms with van der Waals surface area (Å²) in [5, 5.41) is 2.56. The Hall–Kier alpha value is -2.41. The van der Waals surface area contributed by atoms with E-state index >= 15 is 0 Å². The molecule has 0 saturated carbocycles. The number of rotatable bonds is 5. The third-order valence-corrected chi connectivity index (χ3v) is 3.83. The number of carbonyl (C=O) groups is 3. The van der Waals surface area contributed by atoms with E-state index < -0.39 is 12.0 Å². The highest BCUT2D eigenvalue weighted by Crippen LogP contribution is 2.21. The number of nitrogens with zero attached hydrogens (tertiary/aromatic N) is 1. The average molecular weight is 320 g/mol. The summed E-state index contributed by atoms with van der Waals surface area (Å²) in [6.45, 7) is 0.119. The van der Waals surface area contributed by atoms with Gasteiger partial charge < -0.3 is 19.7 Å². The number of hydrogen-bond donors (Lipinski definition) is 1. The van der Waals surface area contributed by atoms with E-state index in [9.17, 15) is 14.4 Å². The van der Waals surface area contributed by atoms with Gasteiger partial charge in [0.2, 0.25) is 5.91 Å². The first-order chi connectivity index (χ1) is 11.1. The van der Waals surface area contributed by atoms with Gasteiger partial charge >= 0.3 is 5.97 Å². The molecule has 0 unspecified atom stereocenters. The molecular weight excluding hydrogens is 300 g/mol. The molecule has 0 aliphatic carbocycles. The molecule has 124 valence electrons. The van der Waals surface area contributed by atoms with Crippen LogP contribution in [0.4, 0.5) is 0 Å². The first kappa shape index (κ1) is 17.0. The van der Waals surface area contributed by atoms with Crippen LogP contribution in [-0.2, 0) is 19.1 Å². The molecule has 1 heterocycles. The summed E-state index contributed by atoms with van der Waals surface area (Å²) >= 11 is 0. The minimum atomic E-state index is -0.675. The second-order valence-corrected chi connectivity index (χ2v) is 5.23. The molecule has 1 aliphatic heterocycles. The summed E-state index contributed by atoms with van der Waals surface area (Å²) in [5.41, 5.74) is 0.473. The van der Waals surface area contributed by atoms with Gasteiger partial charge in [-0.3, -0.25) is 9.59 Å². The lowest BCUT2D eigenvalue weighted by Gasteiger charge is -2.22.